The van der Waals surface area contributed by atoms with Crippen LogP contribution < -0.4 is 11.5 Å². The summed E-state index contributed by atoms with van der Waals surface area (Å²) in [5.41, 5.74) is 9.54. The number of ether oxygens (including phenoxy) is 2. The van der Waals surface area contributed by atoms with E-state index in [2.05, 4.69) is 4.99 Å². The first-order valence-electron chi connectivity index (χ1n) is 9.63. The second-order valence-electron chi connectivity index (χ2n) is 8.52. The van der Waals surface area contributed by atoms with Crippen molar-refractivity contribution in [3.8, 4) is 0 Å². The van der Waals surface area contributed by atoms with E-state index in [-0.39, 0.29) is 0 Å². The Morgan fingerprint density at radius 1 is 0.852 bits per heavy atom. The molecule has 0 heterocycles. The van der Waals surface area contributed by atoms with E-state index in [1.54, 1.807) is 4.90 Å². The van der Waals surface area contributed by atoms with Crippen LogP contribution in [0.3, 0.4) is 0 Å². The molecule has 8 nitrogen and oxygen atoms in total. The van der Waals surface area contributed by atoms with Gasteiger partial charge in [0.15, 0.2) is 0 Å². The molecule has 0 aliphatic carbocycles. The molecule has 8 heteroatoms. The summed E-state index contributed by atoms with van der Waals surface area (Å²) < 4.78 is 10.00. The fraction of sp³-hybridized carbons (Fsp3) is 0.842. The van der Waals surface area contributed by atoms with E-state index >= 15 is 0 Å². The molecule has 0 bridgehead atoms. The minimum Gasteiger partial charge on any atom is -0.360 e. The van der Waals surface area contributed by atoms with Crippen molar-refractivity contribution in [1.82, 2.24) is 4.90 Å². The molecular formula is C19H38N4O4. The SMILES string of the molecule is CC(C)(C)N(C(=O)OC(=NCCCCCCCCN)OC(N)=O)C(C)(C)C. The molecule has 0 spiro atoms. The van der Waals surface area contributed by atoms with E-state index in [0.717, 1.165) is 45.1 Å². The molecule has 0 radical (unpaired) electrons. The van der Waals surface area contributed by atoms with Gasteiger partial charge in [-0.3, -0.25) is 4.90 Å². The van der Waals surface area contributed by atoms with Crippen LogP contribution in [0.2, 0.25) is 0 Å². The van der Waals surface area contributed by atoms with Crippen LogP contribution in [-0.4, -0.2) is 47.3 Å². The van der Waals surface area contributed by atoms with Crippen molar-refractivity contribution in [2.24, 2.45) is 16.5 Å². The number of carbonyl (C=O) groups is 2. The predicted octanol–water partition coefficient (Wildman–Crippen LogP) is 3.77. The Hall–Kier alpha value is -1.83. The molecule has 0 aromatic rings. The van der Waals surface area contributed by atoms with E-state index in [1.165, 1.54) is 0 Å². The normalized spacial score (nSPS) is 12.6. The Balaban J connectivity index is 4.80. The average molecular weight is 387 g/mol. The van der Waals surface area contributed by atoms with Gasteiger partial charge < -0.3 is 20.9 Å². The zero-order valence-electron chi connectivity index (χ0n) is 17.8. The average Bonchev–Trinajstić information content (AvgIpc) is 2.45. The van der Waals surface area contributed by atoms with Crippen LogP contribution in [0, 0.1) is 0 Å². The van der Waals surface area contributed by atoms with Crippen molar-refractivity contribution in [2.45, 2.75) is 91.1 Å². The highest BCUT2D eigenvalue weighted by molar-refractivity contribution is 5.89. The number of amides is 2. The second-order valence-corrected chi connectivity index (χ2v) is 8.52. The van der Waals surface area contributed by atoms with E-state index in [4.69, 9.17) is 20.9 Å². The molecule has 4 N–H and O–H groups in total. The summed E-state index contributed by atoms with van der Waals surface area (Å²) in [6.45, 7) is 12.5. The lowest BCUT2D eigenvalue weighted by atomic mass is 9.97. The lowest BCUT2D eigenvalue weighted by Crippen LogP contribution is -2.56. The van der Waals surface area contributed by atoms with Gasteiger partial charge in [-0.25, -0.2) is 14.6 Å². The Labute approximate surface area is 163 Å². The van der Waals surface area contributed by atoms with E-state index in [0.29, 0.717) is 6.54 Å². The Morgan fingerprint density at radius 2 is 1.33 bits per heavy atom. The number of carbonyl (C=O) groups excluding carboxylic acids is 2. The van der Waals surface area contributed by atoms with Gasteiger partial charge in [0.2, 0.25) is 0 Å². The molecule has 0 saturated heterocycles. The molecule has 0 aliphatic rings. The summed E-state index contributed by atoms with van der Waals surface area (Å²) in [6.07, 6.45) is 4.06. The van der Waals surface area contributed by atoms with Crippen LogP contribution in [0.15, 0.2) is 4.99 Å². The molecule has 0 aliphatic heterocycles. The van der Waals surface area contributed by atoms with Crippen LogP contribution in [0.4, 0.5) is 9.59 Å². The summed E-state index contributed by atoms with van der Waals surface area (Å²) in [7, 11) is 0. The summed E-state index contributed by atoms with van der Waals surface area (Å²) >= 11 is 0. The number of hydrogen-bond donors (Lipinski definition) is 2. The van der Waals surface area contributed by atoms with Gasteiger partial charge in [-0.15, -0.1) is 0 Å². The van der Waals surface area contributed by atoms with Gasteiger partial charge in [0.1, 0.15) is 0 Å². The number of nitrogens with zero attached hydrogens (tertiary/aromatic N) is 2. The van der Waals surface area contributed by atoms with Crippen molar-refractivity contribution < 1.29 is 19.1 Å². The van der Waals surface area contributed by atoms with Crippen molar-refractivity contribution in [3.63, 3.8) is 0 Å². The molecule has 158 valence electrons. The zero-order valence-corrected chi connectivity index (χ0v) is 17.8. The third-order valence-electron chi connectivity index (χ3n) is 3.74. The van der Waals surface area contributed by atoms with Crippen molar-refractivity contribution in [2.75, 3.05) is 13.1 Å². The van der Waals surface area contributed by atoms with Gasteiger partial charge >= 0.3 is 18.3 Å². The first-order chi connectivity index (χ1) is 12.4. The molecule has 0 atom stereocenters. The molecule has 0 unspecified atom stereocenters. The second kappa shape index (κ2) is 11.8. The molecule has 0 saturated carbocycles. The Bertz CT molecular complexity index is 479. The number of aliphatic imine (C=N–C) groups is 1. The van der Waals surface area contributed by atoms with Crippen LogP contribution in [0.1, 0.15) is 80.1 Å². The molecule has 0 aromatic carbocycles. The quantitative estimate of drug-likeness (QED) is 0.374. The fourth-order valence-electron chi connectivity index (χ4n) is 2.98. The third kappa shape index (κ3) is 11.5. The maximum atomic E-state index is 12.6. The number of unbranched alkanes of at least 4 members (excludes halogenated alkanes) is 5. The lowest BCUT2D eigenvalue weighted by molar-refractivity contribution is 0.0387. The smallest absolute Gasteiger partial charge is 0.360 e. The summed E-state index contributed by atoms with van der Waals surface area (Å²) in [4.78, 5) is 29.4. The zero-order chi connectivity index (χ0) is 21.1. The highest BCUT2D eigenvalue weighted by atomic mass is 16.7. The van der Waals surface area contributed by atoms with Gasteiger partial charge in [0, 0.05) is 17.6 Å². The van der Waals surface area contributed by atoms with E-state index in [9.17, 15) is 9.59 Å². The number of primary amides is 1. The van der Waals surface area contributed by atoms with Gasteiger partial charge in [0.05, 0.1) is 0 Å². The van der Waals surface area contributed by atoms with Crippen molar-refractivity contribution >= 4 is 18.3 Å². The van der Waals surface area contributed by atoms with Gasteiger partial charge in [0.25, 0.3) is 0 Å². The highest BCUT2D eigenvalue weighted by Gasteiger charge is 2.37. The minimum absolute atomic E-state index is 0.387. The molecule has 0 fully saturated rings. The van der Waals surface area contributed by atoms with E-state index < -0.39 is 29.3 Å². The standard InChI is InChI=1S/C19H38N4O4/c1-18(2,3)23(19(4,5)6)17(25)27-16(26-15(21)24)22-14-12-10-8-7-9-11-13-20/h7-14,20H2,1-6H3,(H2,21,24). The third-order valence-corrected chi connectivity index (χ3v) is 3.74. The van der Waals surface area contributed by atoms with Crippen LogP contribution in [0.25, 0.3) is 0 Å². The van der Waals surface area contributed by atoms with Gasteiger partial charge in [-0.2, -0.15) is 0 Å². The first-order valence-corrected chi connectivity index (χ1v) is 9.63. The van der Waals surface area contributed by atoms with E-state index in [1.807, 2.05) is 41.5 Å². The van der Waals surface area contributed by atoms with Gasteiger partial charge in [-0.1, -0.05) is 25.7 Å². The number of hydrogen-bond acceptors (Lipinski definition) is 6. The molecule has 0 aromatic heterocycles. The predicted molar refractivity (Wildman–Crippen MR) is 108 cm³/mol. The number of rotatable bonds is 8. The highest BCUT2D eigenvalue weighted by Crippen LogP contribution is 2.25. The Morgan fingerprint density at radius 3 is 1.78 bits per heavy atom. The van der Waals surface area contributed by atoms with Crippen molar-refractivity contribution in [1.29, 1.82) is 0 Å². The Kier molecular flexibility index (Phi) is 11.0. The van der Waals surface area contributed by atoms with Gasteiger partial charge in [-0.05, 0) is 60.9 Å². The van der Waals surface area contributed by atoms with Crippen LogP contribution >= 0.6 is 0 Å². The minimum atomic E-state index is -1.07. The first kappa shape index (κ1) is 25.2. The molecule has 2 amide bonds. The molecule has 0 rings (SSSR count). The monoisotopic (exact) mass is 386 g/mol. The van der Waals surface area contributed by atoms with Crippen molar-refractivity contribution in [3.05, 3.63) is 0 Å². The maximum Gasteiger partial charge on any atom is 0.419 e. The summed E-state index contributed by atoms with van der Waals surface area (Å²) in [6, 6.07) is 0. The summed E-state index contributed by atoms with van der Waals surface area (Å²) in [5.74, 6) is 0. The topological polar surface area (TPSA) is 120 Å². The summed E-state index contributed by atoms with van der Waals surface area (Å²) in [5, 5.41) is 0. The largest absolute Gasteiger partial charge is 0.419 e. The molecular weight excluding hydrogens is 348 g/mol. The maximum absolute atomic E-state index is 12.6. The van der Waals surface area contributed by atoms with Crippen LogP contribution in [0.5, 0.6) is 0 Å². The van der Waals surface area contributed by atoms with Crippen LogP contribution in [-0.2, 0) is 9.47 Å². The fourth-order valence-corrected chi connectivity index (χ4v) is 2.98. The molecule has 27 heavy (non-hydrogen) atoms. The lowest BCUT2D eigenvalue weighted by Gasteiger charge is -2.43. The number of nitrogens with two attached hydrogens (primary N) is 2.